The average molecular weight is 504 g/mol. The molecular weight excluding hydrogens is 472 g/mol. The van der Waals surface area contributed by atoms with Crippen LogP contribution in [0, 0.1) is 0 Å². The van der Waals surface area contributed by atoms with Crippen LogP contribution >= 0.6 is 0 Å². The lowest BCUT2D eigenvalue weighted by molar-refractivity contribution is -0.420. The Balaban J connectivity index is 1.83. The van der Waals surface area contributed by atoms with Crippen LogP contribution in [0.3, 0.4) is 0 Å². The molecule has 34 heavy (non-hydrogen) atoms. The molecule has 0 saturated carbocycles. The molecule has 200 valence electrons. The topological polar surface area (TPSA) is 280 Å². The van der Waals surface area contributed by atoms with Gasteiger partial charge in [-0.15, -0.1) is 0 Å². The third-order valence-electron chi connectivity index (χ3n) is 6.41. The van der Waals surface area contributed by atoms with Gasteiger partial charge in [-0.2, -0.15) is 0 Å². The first-order valence-corrected chi connectivity index (χ1v) is 10.6. The van der Waals surface area contributed by atoms with Crippen LogP contribution in [0.4, 0.5) is 0 Å². The van der Waals surface area contributed by atoms with Crippen molar-refractivity contribution in [3.8, 4) is 0 Å². The van der Waals surface area contributed by atoms with Crippen LogP contribution in [0.1, 0.15) is 0 Å². The fraction of sp³-hybridized carbons (Fsp3) is 1.00. The number of ether oxygens (including phenoxy) is 4. The van der Waals surface area contributed by atoms with Gasteiger partial charge in [0.15, 0.2) is 6.29 Å². The van der Waals surface area contributed by atoms with Crippen LogP contribution in [0.2, 0.25) is 0 Å². The lowest BCUT2D eigenvalue weighted by atomic mass is 9.83. The molecule has 0 aromatic rings. The number of hydrogen-bond donors (Lipinski definition) is 12. The van der Waals surface area contributed by atoms with Gasteiger partial charge < -0.3 is 80.2 Å². The van der Waals surface area contributed by atoms with Gasteiger partial charge in [-0.1, -0.05) is 0 Å². The zero-order chi connectivity index (χ0) is 25.5. The van der Waals surface area contributed by atoms with Crippen LogP contribution < -0.4 is 0 Å². The molecule has 0 aromatic heterocycles. The number of aliphatic hydroxyl groups is 12. The van der Waals surface area contributed by atoms with Crippen molar-refractivity contribution in [2.45, 2.75) is 91.4 Å². The summed E-state index contributed by atoms with van der Waals surface area (Å²) in [6.45, 7) is -2.62. The summed E-state index contributed by atoms with van der Waals surface area (Å²) < 4.78 is 21.1. The molecule has 15 atom stereocenters. The van der Waals surface area contributed by atoms with E-state index in [1.807, 2.05) is 0 Å². The van der Waals surface area contributed by atoms with E-state index >= 15 is 0 Å². The highest BCUT2D eigenvalue weighted by atomic mass is 16.7. The Hall–Kier alpha value is -0.640. The minimum absolute atomic E-state index is 0.780. The number of aliphatic hydroxyl groups excluding tert-OH is 11. The molecule has 3 rings (SSSR count). The van der Waals surface area contributed by atoms with E-state index in [0.29, 0.717) is 0 Å². The molecule has 3 aliphatic rings. The van der Waals surface area contributed by atoms with E-state index in [2.05, 4.69) is 0 Å². The third-order valence-corrected chi connectivity index (χ3v) is 6.41. The lowest BCUT2D eigenvalue weighted by Crippen LogP contribution is -2.75. The smallest absolute Gasteiger partial charge is 0.225 e. The maximum atomic E-state index is 11.0. The first-order valence-electron chi connectivity index (χ1n) is 10.6. The van der Waals surface area contributed by atoms with Crippen molar-refractivity contribution in [1.29, 1.82) is 0 Å². The fourth-order valence-electron chi connectivity index (χ4n) is 4.35. The van der Waals surface area contributed by atoms with Crippen molar-refractivity contribution in [3.05, 3.63) is 0 Å². The summed E-state index contributed by atoms with van der Waals surface area (Å²) in [6.07, 6.45) is -25.9. The highest BCUT2D eigenvalue weighted by molar-refractivity contribution is 5.06. The SMILES string of the molecule is OC[C@H]1O[C@@H](C2(O)O[C@H](CO)[C@@H](O[C@@H]3O[C@H](CO)[C@H](O)[C@H](O)[C@H]3O)[C@H](O)[C@H]2O)[C@H](O)[C@@H](O)[C@H]1O. The Morgan fingerprint density at radius 2 is 1.09 bits per heavy atom. The van der Waals surface area contributed by atoms with Crippen LogP contribution in [0.15, 0.2) is 0 Å². The molecule has 16 heteroatoms. The van der Waals surface area contributed by atoms with E-state index < -0.39 is 111 Å². The molecule has 3 aliphatic heterocycles. The van der Waals surface area contributed by atoms with Crippen molar-refractivity contribution < 1.29 is 80.2 Å². The molecule has 16 nitrogen and oxygen atoms in total. The molecule has 0 spiro atoms. The minimum Gasteiger partial charge on any atom is -0.394 e. The van der Waals surface area contributed by atoms with E-state index in [4.69, 9.17) is 18.9 Å². The Labute approximate surface area is 192 Å². The Morgan fingerprint density at radius 1 is 0.588 bits per heavy atom. The Bertz CT molecular complexity index is 664. The summed E-state index contributed by atoms with van der Waals surface area (Å²) in [6, 6.07) is 0. The predicted molar refractivity (Wildman–Crippen MR) is 101 cm³/mol. The van der Waals surface area contributed by atoms with E-state index in [0.717, 1.165) is 0 Å². The van der Waals surface area contributed by atoms with E-state index in [-0.39, 0.29) is 0 Å². The molecular formula is C18H32O16. The third kappa shape index (κ3) is 4.71. The van der Waals surface area contributed by atoms with Crippen molar-refractivity contribution >= 4 is 0 Å². The minimum atomic E-state index is -3.00. The van der Waals surface area contributed by atoms with Gasteiger partial charge in [0.25, 0.3) is 0 Å². The monoisotopic (exact) mass is 504 g/mol. The largest absolute Gasteiger partial charge is 0.394 e. The summed E-state index contributed by atoms with van der Waals surface area (Å²) in [7, 11) is 0. The molecule has 3 heterocycles. The number of rotatable bonds is 6. The average Bonchev–Trinajstić information content (AvgIpc) is 2.82. The van der Waals surface area contributed by atoms with Gasteiger partial charge >= 0.3 is 0 Å². The summed E-state index contributed by atoms with van der Waals surface area (Å²) in [4.78, 5) is 0. The van der Waals surface area contributed by atoms with Gasteiger partial charge in [0.2, 0.25) is 5.79 Å². The second-order valence-electron chi connectivity index (χ2n) is 8.57. The first kappa shape index (κ1) is 27.9. The Kier molecular flexibility index (Phi) is 8.85. The highest BCUT2D eigenvalue weighted by Gasteiger charge is 2.63. The molecule has 12 N–H and O–H groups in total. The zero-order valence-corrected chi connectivity index (χ0v) is 17.7. The molecule has 0 aromatic carbocycles. The molecule has 3 fully saturated rings. The van der Waals surface area contributed by atoms with Crippen molar-refractivity contribution in [2.75, 3.05) is 19.8 Å². The van der Waals surface area contributed by atoms with Gasteiger partial charge in [0.05, 0.1) is 19.8 Å². The van der Waals surface area contributed by atoms with Crippen LogP contribution in [-0.4, -0.2) is 173 Å². The summed E-state index contributed by atoms with van der Waals surface area (Å²) in [5, 5.41) is 121. The maximum absolute atomic E-state index is 11.0. The van der Waals surface area contributed by atoms with Gasteiger partial charge in [-0.25, -0.2) is 0 Å². The normalized spacial score (nSPS) is 54.7. The predicted octanol–water partition coefficient (Wildman–Crippen LogP) is -8.18. The van der Waals surface area contributed by atoms with Crippen molar-refractivity contribution in [3.63, 3.8) is 0 Å². The van der Waals surface area contributed by atoms with Gasteiger partial charge in [0, 0.05) is 0 Å². The second kappa shape index (κ2) is 10.8. The zero-order valence-electron chi connectivity index (χ0n) is 17.7. The summed E-state index contributed by atoms with van der Waals surface area (Å²) in [5.74, 6) is -3.00. The van der Waals surface area contributed by atoms with E-state index in [9.17, 15) is 61.3 Å². The number of hydrogen-bond acceptors (Lipinski definition) is 16. The van der Waals surface area contributed by atoms with Crippen molar-refractivity contribution in [2.24, 2.45) is 0 Å². The fourth-order valence-corrected chi connectivity index (χ4v) is 4.35. The second-order valence-corrected chi connectivity index (χ2v) is 8.57. The van der Waals surface area contributed by atoms with Gasteiger partial charge in [-0.3, -0.25) is 0 Å². The maximum Gasteiger partial charge on any atom is 0.225 e. The molecule has 0 aliphatic carbocycles. The Morgan fingerprint density at radius 3 is 1.62 bits per heavy atom. The lowest BCUT2D eigenvalue weighted by Gasteiger charge is -2.53. The first-order chi connectivity index (χ1) is 15.9. The molecule has 0 bridgehead atoms. The standard InChI is InChI=1S/C18H32O16/c19-1-4-7(22)9(24)11(26)16(31-4)18(30)15(29)13(28)14(6(3-21)34-18)33-17-12(27)10(25)8(23)5(2-20)32-17/h4-17,19-30H,1-3H2/t4-,5-,6-,7+,8+,9+,10+,11-,12-,13+,14-,15-,16-,17+,18?/m1/s1. The van der Waals surface area contributed by atoms with E-state index in [1.165, 1.54) is 0 Å². The quantitative estimate of drug-likeness (QED) is 0.160. The molecule has 0 amide bonds. The van der Waals surface area contributed by atoms with Gasteiger partial charge in [-0.05, 0) is 0 Å². The van der Waals surface area contributed by atoms with E-state index in [1.54, 1.807) is 0 Å². The van der Waals surface area contributed by atoms with Crippen LogP contribution in [-0.2, 0) is 18.9 Å². The molecule has 3 saturated heterocycles. The summed E-state index contributed by atoms with van der Waals surface area (Å²) in [5.41, 5.74) is 0. The molecule has 0 radical (unpaired) electrons. The van der Waals surface area contributed by atoms with Crippen LogP contribution in [0.5, 0.6) is 0 Å². The van der Waals surface area contributed by atoms with Crippen LogP contribution in [0.25, 0.3) is 0 Å². The summed E-state index contributed by atoms with van der Waals surface area (Å²) >= 11 is 0. The van der Waals surface area contributed by atoms with Crippen molar-refractivity contribution in [1.82, 2.24) is 0 Å². The molecule has 1 unspecified atom stereocenters. The van der Waals surface area contributed by atoms with Gasteiger partial charge in [0.1, 0.15) is 79.4 Å². The highest BCUT2D eigenvalue weighted by Crippen LogP contribution is 2.39.